The van der Waals surface area contributed by atoms with Gasteiger partial charge in [0, 0.05) is 23.9 Å². The molecule has 5 heterocycles. The Labute approximate surface area is 203 Å². The van der Waals surface area contributed by atoms with E-state index >= 15 is 0 Å². The van der Waals surface area contributed by atoms with Gasteiger partial charge in [0.1, 0.15) is 0 Å². The number of amides is 1. The number of anilines is 1. The summed E-state index contributed by atoms with van der Waals surface area (Å²) in [6.45, 7) is 2.04. The first kappa shape index (κ1) is 20.7. The first-order chi connectivity index (χ1) is 16.7. The van der Waals surface area contributed by atoms with Gasteiger partial charge in [-0.2, -0.15) is 9.61 Å². The Morgan fingerprint density at radius 3 is 2.79 bits per heavy atom. The molecule has 7 rings (SSSR count). The van der Waals surface area contributed by atoms with Crippen LogP contribution in [-0.2, 0) is 9.53 Å². The van der Waals surface area contributed by atoms with Crippen LogP contribution in [0.2, 0.25) is 0 Å². The van der Waals surface area contributed by atoms with E-state index in [1.165, 1.54) is 35.9 Å². The number of hydrogen-bond acceptors (Lipinski definition) is 9. The third-order valence-electron chi connectivity index (χ3n) is 6.55. The molecular weight excluding hydrogens is 470 g/mol. The Bertz CT molecular complexity index is 1390. The zero-order valence-electron chi connectivity index (χ0n) is 18.4. The fourth-order valence-electron chi connectivity index (χ4n) is 4.76. The molecule has 2 atom stereocenters. The van der Waals surface area contributed by atoms with Crippen molar-refractivity contribution in [1.29, 1.82) is 0 Å². The van der Waals surface area contributed by atoms with E-state index in [0.29, 0.717) is 17.6 Å². The lowest BCUT2D eigenvalue weighted by atomic mass is 10.2. The van der Waals surface area contributed by atoms with Crippen LogP contribution in [0.1, 0.15) is 37.3 Å². The zero-order valence-corrected chi connectivity index (χ0v) is 20.0. The van der Waals surface area contributed by atoms with Gasteiger partial charge in [0.25, 0.3) is 0 Å². The second-order valence-corrected chi connectivity index (χ2v) is 11.3. The van der Waals surface area contributed by atoms with Crippen molar-refractivity contribution in [3.8, 4) is 0 Å². The van der Waals surface area contributed by atoms with Gasteiger partial charge in [-0.15, -0.1) is 10.2 Å². The van der Waals surface area contributed by atoms with Crippen molar-refractivity contribution in [3.05, 3.63) is 36.0 Å². The van der Waals surface area contributed by atoms with Gasteiger partial charge in [0.05, 0.1) is 34.7 Å². The normalized spacial score (nSPS) is 22.6. The fourth-order valence-corrected chi connectivity index (χ4v) is 6.58. The third-order valence-corrected chi connectivity index (χ3v) is 8.41. The van der Waals surface area contributed by atoms with Gasteiger partial charge in [-0.3, -0.25) is 9.69 Å². The van der Waals surface area contributed by atoms with Gasteiger partial charge in [-0.05, 0) is 67.8 Å². The van der Waals surface area contributed by atoms with Crippen LogP contribution in [-0.4, -0.2) is 67.4 Å². The minimum atomic E-state index is -0.0255. The van der Waals surface area contributed by atoms with E-state index in [1.54, 1.807) is 0 Å². The number of carbonyl (C=O) groups excluding carboxylic acids is 1. The van der Waals surface area contributed by atoms with Gasteiger partial charge in [-0.25, -0.2) is 4.98 Å². The average molecular weight is 494 g/mol. The van der Waals surface area contributed by atoms with Crippen LogP contribution in [0, 0.1) is 0 Å². The van der Waals surface area contributed by atoms with E-state index in [4.69, 9.17) is 9.84 Å². The summed E-state index contributed by atoms with van der Waals surface area (Å²) in [5, 5.41) is 17.7. The maximum Gasteiger partial charge on any atom is 0.240 e. The minimum absolute atomic E-state index is 0.0255. The number of benzene rings is 1. The van der Waals surface area contributed by atoms with Gasteiger partial charge < -0.3 is 10.1 Å². The van der Waals surface area contributed by atoms with Crippen molar-refractivity contribution in [2.45, 2.75) is 53.9 Å². The van der Waals surface area contributed by atoms with Crippen LogP contribution in [0.5, 0.6) is 0 Å². The molecule has 2 bridgehead atoms. The summed E-state index contributed by atoms with van der Waals surface area (Å²) >= 11 is 3.02. The number of likely N-dealkylation sites (tertiary alicyclic amines) is 1. The quantitative estimate of drug-likeness (QED) is 0.435. The van der Waals surface area contributed by atoms with Crippen LogP contribution >= 0.6 is 23.1 Å². The fraction of sp³-hybridized carbons (Fsp3) is 0.435. The van der Waals surface area contributed by atoms with Crippen molar-refractivity contribution >= 4 is 50.0 Å². The Morgan fingerprint density at radius 2 is 1.97 bits per heavy atom. The highest BCUT2D eigenvalue weighted by Crippen LogP contribution is 2.39. The summed E-state index contributed by atoms with van der Waals surface area (Å²) in [6, 6.07) is 10.1. The second-order valence-electron chi connectivity index (χ2n) is 9.24. The maximum absolute atomic E-state index is 12.6. The summed E-state index contributed by atoms with van der Waals surface area (Å²) in [7, 11) is 0. The summed E-state index contributed by atoms with van der Waals surface area (Å²) < 4.78 is 8.71. The molecule has 34 heavy (non-hydrogen) atoms. The van der Waals surface area contributed by atoms with E-state index in [0.717, 1.165) is 57.5 Å². The van der Waals surface area contributed by atoms with Gasteiger partial charge in [0.15, 0.2) is 10.8 Å². The third kappa shape index (κ3) is 4.06. The summed E-state index contributed by atoms with van der Waals surface area (Å²) in [6.07, 6.45) is 5.17. The lowest BCUT2D eigenvalue weighted by Gasteiger charge is -2.31. The first-order valence-corrected chi connectivity index (χ1v) is 13.3. The number of aromatic nitrogens is 5. The predicted molar refractivity (Wildman–Crippen MR) is 129 cm³/mol. The molecule has 3 aromatic heterocycles. The molecule has 11 heteroatoms. The molecule has 2 unspecified atom stereocenters. The summed E-state index contributed by atoms with van der Waals surface area (Å²) in [4.78, 5) is 20.4. The number of morpholine rings is 1. The van der Waals surface area contributed by atoms with Crippen molar-refractivity contribution in [2.75, 3.05) is 25.0 Å². The lowest BCUT2D eigenvalue weighted by Crippen LogP contribution is -2.45. The van der Waals surface area contributed by atoms with E-state index < -0.39 is 0 Å². The number of thiazole rings is 1. The molecule has 3 fully saturated rings. The predicted octanol–water partition coefficient (Wildman–Crippen LogP) is 3.56. The second kappa shape index (κ2) is 8.26. The highest BCUT2D eigenvalue weighted by molar-refractivity contribution is 7.99. The number of nitrogens with one attached hydrogen (secondary N) is 1. The zero-order chi connectivity index (χ0) is 22.6. The number of ether oxygens (including phenoxy) is 1. The Hall–Kier alpha value is -2.60. The molecule has 9 nitrogen and oxygen atoms in total. The maximum atomic E-state index is 12.6. The lowest BCUT2D eigenvalue weighted by molar-refractivity contribution is -0.119. The van der Waals surface area contributed by atoms with E-state index in [-0.39, 0.29) is 18.1 Å². The number of fused-ring (bicyclic) bond motifs is 4. The van der Waals surface area contributed by atoms with Gasteiger partial charge in [-0.1, -0.05) is 11.3 Å². The topological polar surface area (TPSA) is 97.5 Å². The molecule has 2 aliphatic heterocycles. The summed E-state index contributed by atoms with van der Waals surface area (Å²) in [5.74, 6) is 0.549. The van der Waals surface area contributed by atoms with E-state index in [2.05, 4.69) is 37.5 Å². The van der Waals surface area contributed by atoms with Crippen LogP contribution < -0.4 is 5.32 Å². The molecule has 1 aromatic carbocycles. The molecule has 1 saturated carbocycles. The number of carbonyl (C=O) groups is 1. The average Bonchev–Trinajstić information content (AvgIpc) is 3.37. The van der Waals surface area contributed by atoms with Crippen LogP contribution in [0.4, 0.5) is 5.13 Å². The van der Waals surface area contributed by atoms with E-state index in [1.807, 2.05) is 22.7 Å². The van der Waals surface area contributed by atoms with E-state index in [9.17, 15) is 4.79 Å². The molecule has 2 saturated heterocycles. The van der Waals surface area contributed by atoms with Gasteiger partial charge in [0.2, 0.25) is 11.1 Å². The van der Waals surface area contributed by atoms with Crippen molar-refractivity contribution in [1.82, 2.24) is 29.7 Å². The minimum Gasteiger partial charge on any atom is -0.372 e. The van der Waals surface area contributed by atoms with Crippen LogP contribution in [0.15, 0.2) is 40.4 Å². The Balaban J connectivity index is 1.05. The molecule has 1 amide bonds. The molecule has 1 aliphatic carbocycles. The van der Waals surface area contributed by atoms with Crippen molar-refractivity contribution in [3.63, 3.8) is 0 Å². The molecule has 174 valence electrons. The SMILES string of the molecule is O=C(CN1CC2CCC(C1)O2)Nc1nc2ccc(Sc3nnc4ccc(C5CC5)nn34)cc2s1. The van der Waals surface area contributed by atoms with Crippen LogP contribution in [0.3, 0.4) is 0 Å². The molecule has 3 aliphatic rings. The summed E-state index contributed by atoms with van der Waals surface area (Å²) in [5.41, 5.74) is 2.73. The highest BCUT2D eigenvalue weighted by atomic mass is 32.2. The Morgan fingerprint density at radius 1 is 1.12 bits per heavy atom. The van der Waals surface area contributed by atoms with Crippen molar-refractivity contribution in [2.24, 2.45) is 0 Å². The first-order valence-electron chi connectivity index (χ1n) is 11.6. The van der Waals surface area contributed by atoms with Crippen molar-refractivity contribution < 1.29 is 9.53 Å². The number of hydrogen-bond donors (Lipinski definition) is 1. The standard InChI is InChI=1S/C23H23N7O2S2/c31-21(12-29-10-14-3-4-15(11-29)32-14)25-22-24-18-6-5-16(9-19(18)34-22)33-23-27-26-20-8-7-17(13-1-2-13)28-30(20)23/h5-9,13-15H,1-4,10-12H2,(H,24,25,31). The number of nitrogens with zero attached hydrogens (tertiary/aromatic N) is 6. The number of rotatable bonds is 6. The molecular formula is C23H23N7O2S2. The highest BCUT2D eigenvalue weighted by Gasteiger charge is 2.34. The molecule has 0 spiro atoms. The molecule has 0 radical (unpaired) electrons. The molecule has 1 N–H and O–H groups in total. The monoisotopic (exact) mass is 493 g/mol. The van der Waals surface area contributed by atoms with Gasteiger partial charge >= 0.3 is 0 Å². The van der Waals surface area contributed by atoms with Crippen LogP contribution in [0.25, 0.3) is 15.9 Å². The Kier molecular flexibility index (Phi) is 5.04. The smallest absolute Gasteiger partial charge is 0.240 e. The molecule has 4 aromatic rings. The largest absolute Gasteiger partial charge is 0.372 e.